The van der Waals surface area contributed by atoms with Crippen LogP contribution in [-0.4, -0.2) is 31.9 Å². The topological polar surface area (TPSA) is 61.8 Å². The van der Waals surface area contributed by atoms with Crippen molar-refractivity contribution in [3.63, 3.8) is 0 Å². The summed E-state index contributed by atoms with van der Waals surface area (Å²) in [4.78, 5) is 25.3. The van der Waals surface area contributed by atoms with Crippen molar-refractivity contribution in [3.05, 3.63) is 0 Å². The van der Waals surface area contributed by atoms with Crippen LogP contribution in [0.5, 0.6) is 0 Å². The quantitative estimate of drug-likeness (QED) is 0.352. The zero-order chi connectivity index (χ0) is 20.1. The molecule has 0 aliphatic heterocycles. The van der Waals surface area contributed by atoms with Gasteiger partial charge >= 0.3 is 11.9 Å². The van der Waals surface area contributed by atoms with Gasteiger partial charge in [-0.2, -0.15) is 0 Å². The van der Waals surface area contributed by atoms with Gasteiger partial charge < -0.3 is 14.2 Å². The Kier molecular flexibility index (Phi) is 5.49. The minimum atomic E-state index is -0.693. The fourth-order valence-corrected chi connectivity index (χ4v) is 7.32. The van der Waals surface area contributed by atoms with Gasteiger partial charge in [0.1, 0.15) is 6.10 Å². The van der Waals surface area contributed by atoms with E-state index in [1.54, 1.807) is 0 Å². The highest BCUT2D eigenvalue weighted by Gasteiger charge is 2.63. The van der Waals surface area contributed by atoms with Crippen molar-refractivity contribution in [1.82, 2.24) is 0 Å². The van der Waals surface area contributed by atoms with Crippen molar-refractivity contribution >= 4 is 11.9 Å². The van der Waals surface area contributed by atoms with Gasteiger partial charge in [0.15, 0.2) is 6.79 Å². The lowest BCUT2D eigenvalue weighted by Crippen LogP contribution is -2.39. The van der Waals surface area contributed by atoms with Crippen LogP contribution in [-0.2, 0) is 23.8 Å². The van der Waals surface area contributed by atoms with E-state index in [9.17, 15) is 9.59 Å². The van der Waals surface area contributed by atoms with E-state index in [0.29, 0.717) is 18.8 Å². The second kappa shape index (κ2) is 7.62. The molecule has 0 amide bonds. The number of fused-ring (bicyclic) bond motifs is 9. The maximum absolute atomic E-state index is 12.9. The van der Waals surface area contributed by atoms with E-state index in [-0.39, 0.29) is 30.8 Å². The van der Waals surface area contributed by atoms with Gasteiger partial charge in [0.2, 0.25) is 0 Å². The molecule has 5 heteroatoms. The normalized spacial score (nSPS) is 40.8. The van der Waals surface area contributed by atoms with Crippen molar-refractivity contribution < 1.29 is 23.8 Å². The zero-order valence-electron chi connectivity index (χ0n) is 17.8. The van der Waals surface area contributed by atoms with Gasteiger partial charge in [0.05, 0.1) is 11.3 Å². The van der Waals surface area contributed by atoms with Gasteiger partial charge in [0, 0.05) is 7.11 Å². The van der Waals surface area contributed by atoms with E-state index in [0.717, 1.165) is 36.0 Å². The second-order valence-electron chi connectivity index (χ2n) is 10.2. The number of ether oxygens (including phenoxy) is 3. The summed E-state index contributed by atoms with van der Waals surface area (Å²) in [5, 5.41) is 0. The molecule has 4 saturated carbocycles. The molecular weight excluding hydrogens is 356 g/mol. The molecule has 9 atom stereocenters. The van der Waals surface area contributed by atoms with Crippen LogP contribution in [0.3, 0.4) is 0 Å². The van der Waals surface area contributed by atoms with E-state index >= 15 is 0 Å². The number of rotatable bonds is 8. The third-order valence-electron chi connectivity index (χ3n) is 8.68. The van der Waals surface area contributed by atoms with Gasteiger partial charge in [-0.3, -0.25) is 9.59 Å². The first-order chi connectivity index (χ1) is 13.4. The van der Waals surface area contributed by atoms with Crippen LogP contribution in [0.1, 0.15) is 65.7 Å². The summed E-state index contributed by atoms with van der Waals surface area (Å²) in [5.41, 5.74) is -0.693. The number of carbonyl (C=O) groups excluding carboxylic acids is 2. The van der Waals surface area contributed by atoms with Crippen molar-refractivity contribution in [3.8, 4) is 0 Å². The molecule has 0 heterocycles. The zero-order valence-corrected chi connectivity index (χ0v) is 17.8. The average Bonchev–Trinajstić information content (AvgIpc) is 3.44. The van der Waals surface area contributed by atoms with E-state index in [1.165, 1.54) is 32.8 Å². The smallest absolute Gasteiger partial charge is 0.313 e. The molecule has 4 bridgehead atoms. The minimum absolute atomic E-state index is 0.0525. The summed E-state index contributed by atoms with van der Waals surface area (Å²) >= 11 is 0. The molecule has 28 heavy (non-hydrogen) atoms. The maximum atomic E-state index is 12.9. The largest absolute Gasteiger partial charge is 0.462 e. The number of methoxy groups -OCH3 is 1. The third kappa shape index (κ3) is 3.28. The Morgan fingerprint density at radius 2 is 1.79 bits per heavy atom. The molecular formula is C23H36O5. The number of hydrogen-bond acceptors (Lipinski definition) is 5. The van der Waals surface area contributed by atoms with Crippen molar-refractivity contribution in [1.29, 1.82) is 0 Å². The Bertz CT molecular complexity index is 618. The highest BCUT2D eigenvalue weighted by molar-refractivity contribution is 5.78. The van der Waals surface area contributed by atoms with Gasteiger partial charge in [-0.05, 0) is 87.4 Å². The molecule has 4 fully saturated rings. The lowest BCUT2D eigenvalue weighted by Gasteiger charge is -2.38. The van der Waals surface area contributed by atoms with Crippen LogP contribution in [0.4, 0.5) is 0 Å². The van der Waals surface area contributed by atoms with Crippen LogP contribution in [0.2, 0.25) is 0 Å². The molecule has 0 radical (unpaired) electrons. The Labute approximate surface area is 168 Å². The minimum Gasteiger partial charge on any atom is -0.462 e. The van der Waals surface area contributed by atoms with Gasteiger partial charge in [0.25, 0.3) is 0 Å². The molecule has 0 aromatic rings. The molecule has 0 saturated heterocycles. The molecule has 4 aliphatic rings. The third-order valence-corrected chi connectivity index (χ3v) is 8.68. The fourth-order valence-electron chi connectivity index (χ4n) is 7.32. The summed E-state index contributed by atoms with van der Waals surface area (Å²) in [6, 6.07) is 0. The molecule has 5 nitrogen and oxygen atoms in total. The van der Waals surface area contributed by atoms with E-state index in [2.05, 4.69) is 0 Å². The Morgan fingerprint density at radius 3 is 2.46 bits per heavy atom. The maximum Gasteiger partial charge on any atom is 0.313 e. The first-order valence-corrected chi connectivity index (χ1v) is 11.2. The molecule has 4 rings (SSSR count). The second-order valence-corrected chi connectivity index (χ2v) is 10.2. The molecule has 0 N–H and O–H groups in total. The van der Waals surface area contributed by atoms with Crippen molar-refractivity contribution in [2.24, 2.45) is 46.8 Å². The standard InChI is InChI=1S/C23H36O5/c1-5-23(3,22(25)27-12-26-4)11-13(2)21(24)28-18-10-16-9-17(18)20-15-7-6-14(8-15)19(16)20/h13-20H,5-12H2,1-4H3. The predicted octanol–water partition coefficient (Wildman–Crippen LogP) is 4.19. The Hall–Kier alpha value is -1.10. The highest BCUT2D eigenvalue weighted by Crippen LogP contribution is 2.67. The van der Waals surface area contributed by atoms with Crippen LogP contribution in [0.25, 0.3) is 0 Å². The average molecular weight is 393 g/mol. The summed E-state index contributed by atoms with van der Waals surface area (Å²) in [5.74, 6) is 4.21. The lowest BCUT2D eigenvalue weighted by atomic mass is 9.70. The Morgan fingerprint density at radius 1 is 1.07 bits per heavy atom. The Balaban J connectivity index is 1.33. The summed E-state index contributed by atoms with van der Waals surface area (Å²) in [6.07, 6.45) is 7.76. The van der Waals surface area contributed by atoms with Gasteiger partial charge in [-0.25, -0.2) is 0 Å². The predicted molar refractivity (Wildman–Crippen MR) is 104 cm³/mol. The number of hydrogen-bond donors (Lipinski definition) is 0. The first-order valence-electron chi connectivity index (χ1n) is 11.2. The van der Waals surface area contributed by atoms with Crippen LogP contribution in [0.15, 0.2) is 0 Å². The summed E-state index contributed by atoms with van der Waals surface area (Å²) < 4.78 is 16.1. The molecule has 0 spiro atoms. The van der Waals surface area contributed by atoms with Crippen molar-refractivity contribution in [2.75, 3.05) is 13.9 Å². The van der Waals surface area contributed by atoms with Gasteiger partial charge in [-0.15, -0.1) is 0 Å². The molecule has 0 aromatic heterocycles. The monoisotopic (exact) mass is 392 g/mol. The number of esters is 2. The fraction of sp³-hybridized carbons (Fsp3) is 0.913. The lowest BCUT2D eigenvalue weighted by molar-refractivity contribution is -0.169. The summed E-state index contributed by atoms with van der Waals surface area (Å²) in [6.45, 7) is 5.65. The molecule has 9 unspecified atom stereocenters. The van der Waals surface area contributed by atoms with Gasteiger partial charge in [-0.1, -0.05) is 13.8 Å². The van der Waals surface area contributed by atoms with E-state index < -0.39 is 5.41 Å². The van der Waals surface area contributed by atoms with Crippen LogP contribution < -0.4 is 0 Å². The molecule has 158 valence electrons. The van der Waals surface area contributed by atoms with Crippen molar-refractivity contribution in [2.45, 2.75) is 71.8 Å². The molecule has 4 aliphatic carbocycles. The van der Waals surface area contributed by atoms with Crippen LogP contribution in [0, 0.1) is 46.8 Å². The first kappa shape index (κ1) is 20.2. The SMILES string of the molecule is CCC(C)(CC(C)C(=O)OC1CC2CC1C1C3CCC(C3)C21)C(=O)OCOC. The van der Waals surface area contributed by atoms with Crippen LogP contribution >= 0.6 is 0 Å². The molecule has 0 aromatic carbocycles. The number of carbonyl (C=O) groups is 2. The highest BCUT2D eigenvalue weighted by atomic mass is 16.7. The van der Waals surface area contributed by atoms with E-state index in [4.69, 9.17) is 14.2 Å². The van der Waals surface area contributed by atoms with E-state index in [1.807, 2.05) is 20.8 Å². The summed E-state index contributed by atoms with van der Waals surface area (Å²) in [7, 11) is 1.49.